The second kappa shape index (κ2) is 7.71. The van der Waals surface area contributed by atoms with E-state index in [0.29, 0.717) is 22.4 Å². The van der Waals surface area contributed by atoms with E-state index >= 15 is 0 Å². The van der Waals surface area contributed by atoms with Crippen molar-refractivity contribution in [2.45, 2.75) is 19.9 Å². The Hall–Kier alpha value is -3.00. The summed E-state index contributed by atoms with van der Waals surface area (Å²) in [6, 6.07) is 7.94. The minimum Gasteiger partial charge on any atom is -0.384 e. The number of nitrogens with one attached hydrogen (secondary N) is 2. The highest BCUT2D eigenvalue weighted by Crippen LogP contribution is 2.25. The molecule has 0 spiro atoms. The molecule has 2 aromatic heterocycles. The SMILES string of the molecule is CC(C)Nc1cc(Nc2cc(F)cc(F)c2)nc(-c2cc(Cl)cc(N)n2)n1. The van der Waals surface area contributed by atoms with E-state index < -0.39 is 11.6 Å². The van der Waals surface area contributed by atoms with Gasteiger partial charge in [0.2, 0.25) is 0 Å². The van der Waals surface area contributed by atoms with Gasteiger partial charge in [-0.3, -0.25) is 0 Å². The van der Waals surface area contributed by atoms with Crippen LogP contribution in [0.25, 0.3) is 11.5 Å². The quantitative estimate of drug-likeness (QED) is 0.589. The Balaban J connectivity index is 2.04. The van der Waals surface area contributed by atoms with Crippen molar-refractivity contribution in [3.05, 3.63) is 53.1 Å². The molecule has 9 heteroatoms. The van der Waals surface area contributed by atoms with Gasteiger partial charge in [-0.1, -0.05) is 11.6 Å². The van der Waals surface area contributed by atoms with E-state index in [-0.39, 0.29) is 23.4 Å². The largest absolute Gasteiger partial charge is 0.384 e. The lowest BCUT2D eigenvalue weighted by Crippen LogP contribution is -2.12. The minimum absolute atomic E-state index is 0.101. The molecule has 0 atom stereocenters. The van der Waals surface area contributed by atoms with Crippen LogP contribution < -0.4 is 16.4 Å². The van der Waals surface area contributed by atoms with Gasteiger partial charge in [0.1, 0.15) is 34.8 Å². The van der Waals surface area contributed by atoms with Crippen LogP contribution >= 0.6 is 11.6 Å². The lowest BCUT2D eigenvalue weighted by molar-refractivity contribution is 0.584. The summed E-state index contributed by atoms with van der Waals surface area (Å²) in [6.45, 7) is 3.90. The number of halogens is 3. The average molecular weight is 391 g/mol. The number of nitrogens with zero attached hydrogens (tertiary/aromatic N) is 3. The number of benzene rings is 1. The Morgan fingerprint density at radius 3 is 2.22 bits per heavy atom. The van der Waals surface area contributed by atoms with Gasteiger partial charge in [-0.15, -0.1) is 0 Å². The van der Waals surface area contributed by atoms with Crippen molar-refractivity contribution < 1.29 is 8.78 Å². The maximum Gasteiger partial charge on any atom is 0.182 e. The molecule has 140 valence electrons. The van der Waals surface area contributed by atoms with Gasteiger partial charge in [0.05, 0.1) is 0 Å². The van der Waals surface area contributed by atoms with Crippen molar-refractivity contribution in [3.8, 4) is 11.5 Å². The number of aromatic nitrogens is 3. The Labute approximate surface area is 159 Å². The molecule has 6 nitrogen and oxygen atoms in total. The standard InChI is InChI=1S/C18H17ClF2N6/c1-9(2)23-16-8-17(24-13-6-11(20)5-12(21)7-13)27-18(26-16)14-3-10(19)4-15(22)25-14/h3-9H,1-2H3,(H2,22,25)(H2,23,24,26,27). The van der Waals surface area contributed by atoms with Crippen molar-refractivity contribution in [3.63, 3.8) is 0 Å². The van der Waals surface area contributed by atoms with E-state index in [1.165, 1.54) is 6.07 Å². The summed E-state index contributed by atoms with van der Waals surface area (Å²) in [5.74, 6) is -0.0735. The topological polar surface area (TPSA) is 88.8 Å². The van der Waals surface area contributed by atoms with Crippen LogP contribution in [0, 0.1) is 11.6 Å². The lowest BCUT2D eigenvalue weighted by Gasteiger charge is -2.13. The normalized spacial score (nSPS) is 10.9. The summed E-state index contributed by atoms with van der Waals surface area (Å²) in [5.41, 5.74) is 6.33. The number of nitrogens with two attached hydrogens (primary N) is 1. The first-order chi connectivity index (χ1) is 12.8. The third-order valence-electron chi connectivity index (χ3n) is 3.34. The fourth-order valence-corrected chi connectivity index (χ4v) is 2.62. The van der Waals surface area contributed by atoms with Crippen LogP contribution in [0.5, 0.6) is 0 Å². The van der Waals surface area contributed by atoms with E-state index in [2.05, 4.69) is 25.6 Å². The summed E-state index contributed by atoms with van der Waals surface area (Å²) >= 11 is 6.04. The molecule has 1 aromatic carbocycles. The number of anilines is 4. The van der Waals surface area contributed by atoms with Gasteiger partial charge in [-0.25, -0.2) is 23.7 Å². The van der Waals surface area contributed by atoms with Crippen LogP contribution in [0.1, 0.15) is 13.8 Å². The lowest BCUT2D eigenvalue weighted by atomic mass is 10.3. The molecule has 27 heavy (non-hydrogen) atoms. The highest BCUT2D eigenvalue weighted by molar-refractivity contribution is 6.31. The Kier molecular flexibility index (Phi) is 5.36. The van der Waals surface area contributed by atoms with E-state index in [9.17, 15) is 8.78 Å². The van der Waals surface area contributed by atoms with Crippen molar-refractivity contribution in [1.29, 1.82) is 0 Å². The Bertz CT molecular complexity index is 940. The van der Waals surface area contributed by atoms with Crippen LogP contribution in [-0.4, -0.2) is 21.0 Å². The minimum atomic E-state index is -0.698. The summed E-state index contributed by atoms with van der Waals surface area (Å²) < 4.78 is 26.9. The number of rotatable bonds is 5. The molecular weight excluding hydrogens is 374 g/mol. The van der Waals surface area contributed by atoms with Crippen LogP contribution in [-0.2, 0) is 0 Å². The summed E-state index contributed by atoms with van der Waals surface area (Å²) in [6.07, 6.45) is 0. The Morgan fingerprint density at radius 2 is 1.59 bits per heavy atom. The van der Waals surface area contributed by atoms with Gasteiger partial charge in [0.25, 0.3) is 0 Å². The van der Waals surface area contributed by atoms with Crippen molar-refractivity contribution >= 4 is 34.7 Å². The van der Waals surface area contributed by atoms with Gasteiger partial charge in [0, 0.05) is 28.9 Å². The fraction of sp³-hybridized carbons (Fsp3) is 0.167. The first kappa shape index (κ1) is 18.8. The smallest absolute Gasteiger partial charge is 0.182 e. The zero-order valence-corrected chi connectivity index (χ0v) is 15.4. The molecule has 3 aromatic rings. The van der Waals surface area contributed by atoms with E-state index in [1.54, 1.807) is 12.1 Å². The third kappa shape index (κ3) is 5.01. The molecule has 0 aliphatic carbocycles. The molecular formula is C18H17ClF2N6. The number of pyridine rings is 1. The zero-order chi connectivity index (χ0) is 19.6. The number of hydrogen-bond acceptors (Lipinski definition) is 6. The molecule has 0 unspecified atom stereocenters. The first-order valence-electron chi connectivity index (χ1n) is 8.10. The highest BCUT2D eigenvalue weighted by Gasteiger charge is 2.12. The van der Waals surface area contributed by atoms with E-state index in [0.717, 1.165) is 18.2 Å². The second-order valence-corrected chi connectivity index (χ2v) is 6.58. The van der Waals surface area contributed by atoms with E-state index in [1.807, 2.05) is 13.8 Å². The monoisotopic (exact) mass is 390 g/mol. The number of nitrogen functional groups attached to an aromatic ring is 1. The maximum atomic E-state index is 13.5. The molecule has 0 aliphatic rings. The first-order valence-corrected chi connectivity index (χ1v) is 8.48. The average Bonchev–Trinajstić information content (AvgIpc) is 2.52. The molecule has 4 N–H and O–H groups in total. The van der Waals surface area contributed by atoms with Crippen LogP contribution in [0.4, 0.5) is 31.9 Å². The summed E-state index contributed by atoms with van der Waals surface area (Å²) in [5, 5.41) is 6.43. The highest BCUT2D eigenvalue weighted by atomic mass is 35.5. The van der Waals surface area contributed by atoms with Crippen LogP contribution in [0.3, 0.4) is 0 Å². The molecule has 0 radical (unpaired) electrons. The number of hydrogen-bond donors (Lipinski definition) is 3. The summed E-state index contributed by atoms with van der Waals surface area (Å²) in [7, 11) is 0. The maximum absolute atomic E-state index is 13.5. The molecule has 3 rings (SSSR count). The van der Waals surface area contributed by atoms with Crippen molar-refractivity contribution in [2.75, 3.05) is 16.4 Å². The van der Waals surface area contributed by atoms with Gasteiger partial charge in [-0.05, 0) is 38.1 Å². The molecule has 0 saturated heterocycles. The van der Waals surface area contributed by atoms with Crippen LogP contribution in [0.15, 0.2) is 36.4 Å². The van der Waals surface area contributed by atoms with Crippen molar-refractivity contribution in [2.24, 2.45) is 0 Å². The van der Waals surface area contributed by atoms with Gasteiger partial charge in [0.15, 0.2) is 5.82 Å². The fourth-order valence-electron chi connectivity index (χ4n) is 2.40. The summed E-state index contributed by atoms with van der Waals surface area (Å²) in [4.78, 5) is 13.0. The van der Waals surface area contributed by atoms with Gasteiger partial charge in [-0.2, -0.15) is 0 Å². The zero-order valence-electron chi connectivity index (χ0n) is 14.6. The predicted molar refractivity (Wildman–Crippen MR) is 103 cm³/mol. The third-order valence-corrected chi connectivity index (χ3v) is 3.55. The molecule has 2 heterocycles. The predicted octanol–water partition coefficient (Wildman–Crippen LogP) is 4.62. The van der Waals surface area contributed by atoms with Gasteiger partial charge >= 0.3 is 0 Å². The van der Waals surface area contributed by atoms with E-state index in [4.69, 9.17) is 17.3 Å². The second-order valence-electron chi connectivity index (χ2n) is 6.14. The molecule has 0 aliphatic heterocycles. The molecule has 0 fully saturated rings. The van der Waals surface area contributed by atoms with Crippen LogP contribution in [0.2, 0.25) is 5.02 Å². The molecule has 0 bridgehead atoms. The van der Waals surface area contributed by atoms with Gasteiger partial charge < -0.3 is 16.4 Å². The molecule has 0 saturated carbocycles. The Morgan fingerprint density at radius 1 is 0.926 bits per heavy atom. The van der Waals surface area contributed by atoms with Crippen molar-refractivity contribution in [1.82, 2.24) is 15.0 Å². The molecule has 0 amide bonds.